The third-order valence-electron chi connectivity index (χ3n) is 4.98. The lowest BCUT2D eigenvalue weighted by molar-refractivity contribution is -0.116. The molecular formula is C24H21FN4O3S. The number of anilines is 2. The Kier molecular flexibility index (Phi) is 6.23. The predicted molar refractivity (Wildman–Crippen MR) is 125 cm³/mol. The third kappa shape index (κ3) is 5.09. The van der Waals surface area contributed by atoms with E-state index in [1.165, 1.54) is 40.3 Å². The van der Waals surface area contributed by atoms with Crippen LogP contribution in [0, 0.1) is 5.82 Å². The van der Waals surface area contributed by atoms with E-state index in [2.05, 4.69) is 10.4 Å². The third-order valence-corrected chi connectivity index (χ3v) is 6.76. The zero-order valence-electron chi connectivity index (χ0n) is 17.7. The van der Waals surface area contributed by atoms with Crippen LogP contribution in [-0.4, -0.2) is 31.2 Å². The minimum Gasteiger partial charge on any atom is -0.324 e. The van der Waals surface area contributed by atoms with Crippen molar-refractivity contribution in [3.8, 4) is 11.3 Å². The molecule has 9 heteroatoms. The molecule has 1 amide bonds. The van der Waals surface area contributed by atoms with Crippen LogP contribution < -0.4 is 9.62 Å². The van der Waals surface area contributed by atoms with Gasteiger partial charge in [0.15, 0.2) is 0 Å². The van der Waals surface area contributed by atoms with E-state index in [4.69, 9.17) is 0 Å². The first-order chi connectivity index (χ1) is 15.8. The maximum absolute atomic E-state index is 13.1. The second-order valence-corrected chi connectivity index (χ2v) is 9.26. The Labute approximate surface area is 191 Å². The smallest absolute Gasteiger partial charge is 0.264 e. The van der Waals surface area contributed by atoms with E-state index in [1.807, 2.05) is 6.07 Å². The van der Waals surface area contributed by atoms with Crippen molar-refractivity contribution < 1.29 is 17.6 Å². The van der Waals surface area contributed by atoms with E-state index in [0.717, 1.165) is 5.56 Å². The summed E-state index contributed by atoms with van der Waals surface area (Å²) in [6.45, 7) is -0.0674. The number of carbonyl (C=O) groups excluding carboxylic acids is 1. The van der Waals surface area contributed by atoms with Crippen molar-refractivity contribution >= 4 is 27.3 Å². The van der Waals surface area contributed by atoms with E-state index in [9.17, 15) is 17.6 Å². The molecule has 1 heterocycles. The van der Waals surface area contributed by atoms with E-state index in [0.29, 0.717) is 17.1 Å². The lowest BCUT2D eigenvalue weighted by Gasteiger charge is -2.19. The lowest BCUT2D eigenvalue weighted by atomic mass is 10.1. The SMILES string of the molecule is CN(c1ccccc1)S(=O)(=O)c1cccc(NC(=O)Cn2ccc(-c3ccc(F)cc3)n2)c1. The fourth-order valence-electron chi connectivity index (χ4n) is 3.24. The zero-order valence-corrected chi connectivity index (χ0v) is 18.5. The second kappa shape index (κ2) is 9.25. The molecule has 0 saturated carbocycles. The minimum atomic E-state index is -3.80. The molecule has 0 fully saturated rings. The number of aromatic nitrogens is 2. The Morgan fingerprint density at radius 1 is 1.00 bits per heavy atom. The van der Waals surface area contributed by atoms with Gasteiger partial charge in [-0.1, -0.05) is 24.3 Å². The average molecular weight is 465 g/mol. The number of carbonyl (C=O) groups is 1. The normalized spacial score (nSPS) is 11.2. The number of rotatable bonds is 7. The first-order valence-corrected chi connectivity index (χ1v) is 11.5. The topological polar surface area (TPSA) is 84.3 Å². The highest BCUT2D eigenvalue weighted by atomic mass is 32.2. The molecule has 0 spiro atoms. The summed E-state index contributed by atoms with van der Waals surface area (Å²) in [4.78, 5) is 12.6. The molecule has 168 valence electrons. The van der Waals surface area contributed by atoms with Gasteiger partial charge in [-0.2, -0.15) is 5.10 Å². The summed E-state index contributed by atoms with van der Waals surface area (Å²) in [5, 5.41) is 7.04. The highest BCUT2D eigenvalue weighted by Gasteiger charge is 2.21. The van der Waals surface area contributed by atoms with Gasteiger partial charge in [-0.15, -0.1) is 0 Å². The standard InChI is InChI=1S/C24H21FN4O3S/c1-28(21-7-3-2-4-8-21)33(31,32)22-9-5-6-20(16-22)26-24(30)17-29-15-14-23(27-29)18-10-12-19(25)13-11-18/h2-16H,17H2,1H3,(H,26,30). The summed E-state index contributed by atoms with van der Waals surface area (Å²) in [6.07, 6.45) is 1.65. The van der Waals surface area contributed by atoms with Crippen molar-refractivity contribution in [2.24, 2.45) is 0 Å². The van der Waals surface area contributed by atoms with E-state index >= 15 is 0 Å². The summed E-state index contributed by atoms with van der Waals surface area (Å²) >= 11 is 0. The number of nitrogens with zero attached hydrogens (tertiary/aromatic N) is 3. The van der Waals surface area contributed by atoms with Crippen molar-refractivity contribution in [3.63, 3.8) is 0 Å². The van der Waals surface area contributed by atoms with Gasteiger partial charge in [-0.3, -0.25) is 13.8 Å². The van der Waals surface area contributed by atoms with E-state index in [-0.39, 0.29) is 23.2 Å². The van der Waals surface area contributed by atoms with Crippen LogP contribution in [-0.2, 0) is 21.4 Å². The average Bonchev–Trinajstić information content (AvgIpc) is 3.28. The second-order valence-electron chi connectivity index (χ2n) is 7.29. The summed E-state index contributed by atoms with van der Waals surface area (Å²) in [7, 11) is -2.32. The van der Waals surface area contributed by atoms with Gasteiger partial charge in [0, 0.05) is 24.5 Å². The van der Waals surface area contributed by atoms with Gasteiger partial charge >= 0.3 is 0 Å². The Balaban J connectivity index is 1.45. The zero-order chi connectivity index (χ0) is 23.4. The number of sulfonamides is 1. The number of hydrogen-bond donors (Lipinski definition) is 1. The van der Waals surface area contributed by atoms with Crippen LogP contribution in [0.4, 0.5) is 15.8 Å². The van der Waals surface area contributed by atoms with Crippen molar-refractivity contribution in [1.29, 1.82) is 0 Å². The highest BCUT2D eigenvalue weighted by Crippen LogP contribution is 2.24. The summed E-state index contributed by atoms with van der Waals surface area (Å²) in [6, 6.07) is 22.5. The monoisotopic (exact) mass is 464 g/mol. The van der Waals surface area contributed by atoms with Crippen molar-refractivity contribution in [1.82, 2.24) is 9.78 Å². The quantitative estimate of drug-likeness (QED) is 0.445. The Bertz CT molecular complexity index is 1370. The molecule has 3 aromatic carbocycles. The number of halogens is 1. The van der Waals surface area contributed by atoms with Gasteiger partial charge in [-0.25, -0.2) is 12.8 Å². The van der Waals surface area contributed by atoms with Gasteiger partial charge in [0.05, 0.1) is 16.3 Å². The molecule has 0 aliphatic carbocycles. The van der Waals surface area contributed by atoms with Gasteiger partial charge in [-0.05, 0) is 60.7 Å². The van der Waals surface area contributed by atoms with Crippen LogP contribution >= 0.6 is 0 Å². The number of hydrogen-bond acceptors (Lipinski definition) is 4. The molecule has 0 aliphatic rings. The summed E-state index contributed by atoms with van der Waals surface area (Å²) in [5.74, 6) is -0.702. The molecule has 0 saturated heterocycles. The van der Waals surface area contributed by atoms with Crippen LogP contribution in [0.5, 0.6) is 0 Å². The number of amides is 1. The molecule has 0 bridgehead atoms. The van der Waals surface area contributed by atoms with Crippen LogP contribution in [0.2, 0.25) is 0 Å². The molecule has 0 aliphatic heterocycles. The fourth-order valence-corrected chi connectivity index (χ4v) is 4.48. The highest BCUT2D eigenvalue weighted by molar-refractivity contribution is 7.92. The molecule has 4 aromatic rings. The van der Waals surface area contributed by atoms with Crippen molar-refractivity contribution in [3.05, 3.63) is 96.9 Å². The van der Waals surface area contributed by atoms with Crippen LogP contribution in [0.15, 0.2) is 96.0 Å². The van der Waals surface area contributed by atoms with E-state index in [1.54, 1.807) is 60.8 Å². The van der Waals surface area contributed by atoms with Gasteiger partial charge < -0.3 is 5.32 Å². The molecule has 1 N–H and O–H groups in total. The number of para-hydroxylation sites is 1. The Hall–Kier alpha value is -3.98. The maximum Gasteiger partial charge on any atom is 0.264 e. The minimum absolute atomic E-state index is 0.0596. The molecule has 0 unspecified atom stereocenters. The van der Waals surface area contributed by atoms with Crippen LogP contribution in [0.1, 0.15) is 0 Å². The first kappa shape index (κ1) is 22.2. The molecule has 0 atom stereocenters. The van der Waals surface area contributed by atoms with E-state index < -0.39 is 10.0 Å². The first-order valence-electron chi connectivity index (χ1n) is 10.1. The molecule has 33 heavy (non-hydrogen) atoms. The van der Waals surface area contributed by atoms with Crippen LogP contribution in [0.3, 0.4) is 0 Å². The Morgan fingerprint density at radius 2 is 1.73 bits per heavy atom. The lowest BCUT2D eigenvalue weighted by Crippen LogP contribution is -2.26. The number of nitrogens with one attached hydrogen (secondary N) is 1. The summed E-state index contributed by atoms with van der Waals surface area (Å²) < 4.78 is 41.7. The predicted octanol–water partition coefficient (Wildman–Crippen LogP) is 4.15. The molecule has 4 rings (SSSR count). The van der Waals surface area contributed by atoms with Crippen molar-refractivity contribution in [2.45, 2.75) is 11.4 Å². The maximum atomic E-state index is 13.1. The largest absolute Gasteiger partial charge is 0.324 e. The number of benzene rings is 3. The molecule has 7 nitrogen and oxygen atoms in total. The Morgan fingerprint density at radius 3 is 2.45 bits per heavy atom. The van der Waals surface area contributed by atoms with Crippen molar-refractivity contribution in [2.75, 3.05) is 16.7 Å². The summed E-state index contributed by atoms with van der Waals surface area (Å²) in [5.41, 5.74) is 2.23. The molecular weight excluding hydrogens is 443 g/mol. The molecule has 1 aromatic heterocycles. The van der Waals surface area contributed by atoms with Gasteiger partial charge in [0.1, 0.15) is 12.4 Å². The van der Waals surface area contributed by atoms with Crippen LogP contribution in [0.25, 0.3) is 11.3 Å². The fraction of sp³-hybridized carbons (Fsp3) is 0.0833. The van der Waals surface area contributed by atoms with Gasteiger partial charge in [0.2, 0.25) is 5.91 Å². The van der Waals surface area contributed by atoms with Gasteiger partial charge in [0.25, 0.3) is 10.0 Å². The molecule has 0 radical (unpaired) electrons.